The predicted octanol–water partition coefficient (Wildman–Crippen LogP) is 1.45. The Bertz CT molecular complexity index is 164. The summed E-state index contributed by atoms with van der Waals surface area (Å²) >= 11 is 0. The van der Waals surface area contributed by atoms with Crippen molar-refractivity contribution < 1.29 is 4.79 Å². The van der Waals surface area contributed by atoms with Crippen LogP contribution in [0.4, 0.5) is 4.79 Å². The van der Waals surface area contributed by atoms with Gasteiger partial charge in [0.1, 0.15) is 0 Å². The van der Waals surface area contributed by atoms with Crippen molar-refractivity contribution in [3.05, 3.63) is 0 Å². The number of carbonyl (C=O) groups is 1. The summed E-state index contributed by atoms with van der Waals surface area (Å²) in [5, 5.41) is 2.95. The van der Waals surface area contributed by atoms with E-state index in [1.165, 1.54) is 0 Å². The van der Waals surface area contributed by atoms with Crippen molar-refractivity contribution in [2.75, 3.05) is 13.6 Å². The Hall–Kier alpha value is -0.730. The van der Waals surface area contributed by atoms with Gasteiger partial charge in [-0.1, -0.05) is 13.8 Å². The lowest BCUT2D eigenvalue weighted by molar-refractivity contribution is 0.203. The first-order chi connectivity index (χ1) is 5.59. The van der Waals surface area contributed by atoms with E-state index in [2.05, 4.69) is 19.2 Å². The summed E-state index contributed by atoms with van der Waals surface area (Å²) in [4.78, 5) is 13.1. The summed E-state index contributed by atoms with van der Waals surface area (Å²) in [6.45, 7) is 5.06. The lowest BCUT2D eigenvalue weighted by atomic mass is 10.2. The van der Waals surface area contributed by atoms with Crippen LogP contribution in [0.5, 0.6) is 0 Å². The van der Waals surface area contributed by atoms with Gasteiger partial charge in [0.15, 0.2) is 0 Å². The maximum Gasteiger partial charge on any atom is 0.317 e. The van der Waals surface area contributed by atoms with Crippen LogP contribution < -0.4 is 5.32 Å². The lowest BCUT2D eigenvalue weighted by Gasteiger charge is -2.19. The van der Waals surface area contributed by atoms with Gasteiger partial charge in [0.25, 0.3) is 0 Å². The zero-order valence-electron chi connectivity index (χ0n) is 8.13. The molecule has 1 rings (SSSR count). The van der Waals surface area contributed by atoms with Crippen molar-refractivity contribution in [1.82, 2.24) is 10.2 Å². The summed E-state index contributed by atoms with van der Waals surface area (Å²) in [5.74, 6) is 0.542. The van der Waals surface area contributed by atoms with Crippen molar-refractivity contribution >= 4 is 6.03 Å². The Kier molecular flexibility index (Phi) is 2.95. The minimum absolute atomic E-state index is 0.0752. The standard InChI is InChI=1S/C9H18N2O/c1-7(2)6-11(3)9(12)10-8-4-5-8/h7-8H,4-6H2,1-3H3,(H,10,12). The molecule has 0 aromatic heterocycles. The van der Waals surface area contributed by atoms with E-state index in [0.29, 0.717) is 12.0 Å². The van der Waals surface area contributed by atoms with E-state index in [-0.39, 0.29) is 6.03 Å². The van der Waals surface area contributed by atoms with E-state index in [4.69, 9.17) is 0 Å². The monoisotopic (exact) mass is 170 g/mol. The summed E-state index contributed by atoms with van der Waals surface area (Å²) < 4.78 is 0. The van der Waals surface area contributed by atoms with Crippen LogP contribution in [0.3, 0.4) is 0 Å². The van der Waals surface area contributed by atoms with Crippen LogP contribution in [0.25, 0.3) is 0 Å². The zero-order valence-corrected chi connectivity index (χ0v) is 8.13. The number of urea groups is 1. The fourth-order valence-corrected chi connectivity index (χ4v) is 1.14. The second-order valence-corrected chi connectivity index (χ2v) is 4.00. The molecule has 0 bridgehead atoms. The maximum atomic E-state index is 11.3. The minimum Gasteiger partial charge on any atom is -0.335 e. The number of nitrogens with one attached hydrogen (secondary N) is 1. The van der Waals surface area contributed by atoms with E-state index < -0.39 is 0 Å². The third-order valence-electron chi connectivity index (χ3n) is 1.89. The van der Waals surface area contributed by atoms with Gasteiger partial charge in [-0.15, -0.1) is 0 Å². The summed E-state index contributed by atoms with van der Waals surface area (Å²) in [7, 11) is 1.84. The van der Waals surface area contributed by atoms with Gasteiger partial charge in [0.2, 0.25) is 0 Å². The fourth-order valence-electron chi connectivity index (χ4n) is 1.14. The van der Waals surface area contributed by atoms with Crippen molar-refractivity contribution in [2.45, 2.75) is 32.7 Å². The van der Waals surface area contributed by atoms with Crippen LogP contribution in [0, 0.1) is 5.92 Å². The number of amides is 2. The van der Waals surface area contributed by atoms with Crippen LogP contribution in [0.1, 0.15) is 26.7 Å². The molecule has 0 radical (unpaired) electrons. The van der Waals surface area contributed by atoms with E-state index in [1.54, 1.807) is 4.90 Å². The van der Waals surface area contributed by atoms with Crippen molar-refractivity contribution in [3.63, 3.8) is 0 Å². The van der Waals surface area contributed by atoms with Gasteiger partial charge in [0.05, 0.1) is 0 Å². The second kappa shape index (κ2) is 3.78. The number of hydrogen-bond acceptors (Lipinski definition) is 1. The molecule has 0 unspecified atom stereocenters. The molecule has 0 aromatic carbocycles. The Labute approximate surface area is 74.1 Å². The molecule has 0 aliphatic heterocycles. The molecule has 0 atom stereocenters. The number of hydrogen-bond donors (Lipinski definition) is 1. The predicted molar refractivity (Wildman–Crippen MR) is 49.0 cm³/mol. The quantitative estimate of drug-likeness (QED) is 0.683. The highest BCUT2D eigenvalue weighted by molar-refractivity contribution is 5.74. The zero-order chi connectivity index (χ0) is 9.14. The van der Waals surface area contributed by atoms with Gasteiger partial charge in [-0.3, -0.25) is 0 Å². The van der Waals surface area contributed by atoms with Crippen LogP contribution in [0.2, 0.25) is 0 Å². The average Bonchev–Trinajstić information content (AvgIpc) is 2.70. The van der Waals surface area contributed by atoms with E-state index in [1.807, 2.05) is 7.05 Å². The largest absolute Gasteiger partial charge is 0.335 e. The highest BCUT2D eigenvalue weighted by atomic mass is 16.2. The van der Waals surface area contributed by atoms with Gasteiger partial charge in [-0.25, -0.2) is 4.79 Å². The van der Waals surface area contributed by atoms with Crippen molar-refractivity contribution in [2.24, 2.45) is 5.92 Å². The van der Waals surface area contributed by atoms with Crippen LogP contribution in [-0.4, -0.2) is 30.6 Å². The van der Waals surface area contributed by atoms with Crippen molar-refractivity contribution in [1.29, 1.82) is 0 Å². The van der Waals surface area contributed by atoms with Crippen LogP contribution in [0.15, 0.2) is 0 Å². The molecule has 3 heteroatoms. The SMILES string of the molecule is CC(C)CN(C)C(=O)NC1CC1. The molecule has 1 fully saturated rings. The average molecular weight is 170 g/mol. The van der Waals surface area contributed by atoms with Crippen molar-refractivity contribution in [3.8, 4) is 0 Å². The Morgan fingerprint density at radius 1 is 1.58 bits per heavy atom. The molecular weight excluding hydrogens is 152 g/mol. The molecule has 1 aliphatic rings. The van der Waals surface area contributed by atoms with Gasteiger partial charge in [-0.05, 0) is 18.8 Å². The van der Waals surface area contributed by atoms with Gasteiger partial charge < -0.3 is 10.2 Å². The molecule has 0 aromatic rings. The molecule has 1 aliphatic carbocycles. The first-order valence-electron chi connectivity index (χ1n) is 4.61. The Balaban J connectivity index is 2.19. The minimum atomic E-state index is 0.0752. The number of rotatable bonds is 3. The first-order valence-corrected chi connectivity index (χ1v) is 4.61. The number of carbonyl (C=O) groups excluding carboxylic acids is 1. The molecule has 2 amide bonds. The third kappa shape index (κ3) is 3.11. The Morgan fingerprint density at radius 3 is 2.58 bits per heavy atom. The molecule has 70 valence electrons. The molecule has 0 saturated heterocycles. The third-order valence-corrected chi connectivity index (χ3v) is 1.89. The normalized spacial score (nSPS) is 16.3. The smallest absolute Gasteiger partial charge is 0.317 e. The molecule has 0 heterocycles. The number of nitrogens with zero attached hydrogens (tertiary/aromatic N) is 1. The van der Waals surface area contributed by atoms with E-state index in [0.717, 1.165) is 19.4 Å². The van der Waals surface area contributed by atoms with Gasteiger partial charge in [0, 0.05) is 19.6 Å². The molecule has 0 spiro atoms. The molecule has 12 heavy (non-hydrogen) atoms. The van der Waals surface area contributed by atoms with Gasteiger partial charge >= 0.3 is 6.03 Å². The Morgan fingerprint density at radius 2 is 2.17 bits per heavy atom. The maximum absolute atomic E-state index is 11.3. The topological polar surface area (TPSA) is 32.3 Å². The van der Waals surface area contributed by atoms with E-state index >= 15 is 0 Å². The molecule has 3 nitrogen and oxygen atoms in total. The summed E-state index contributed by atoms with van der Waals surface area (Å²) in [6.07, 6.45) is 2.31. The van der Waals surface area contributed by atoms with Gasteiger partial charge in [-0.2, -0.15) is 0 Å². The van der Waals surface area contributed by atoms with Crippen LogP contribution >= 0.6 is 0 Å². The molecule has 1 saturated carbocycles. The second-order valence-electron chi connectivity index (χ2n) is 4.00. The summed E-state index contributed by atoms with van der Waals surface area (Å²) in [6, 6.07) is 0.540. The fraction of sp³-hybridized carbons (Fsp3) is 0.889. The van der Waals surface area contributed by atoms with Crippen LogP contribution in [-0.2, 0) is 0 Å². The first kappa shape index (κ1) is 9.36. The molecular formula is C9H18N2O. The summed E-state index contributed by atoms with van der Waals surface area (Å²) in [5.41, 5.74) is 0. The lowest BCUT2D eigenvalue weighted by Crippen LogP contribution is -2.40. The van der Waals surface area contributed by atoms with E-state index in [9.17, 15) is 4.79 Å². The molecule has 1 N–H and O–H groups in total. The highest BCUT2D eigenvalue weighted by Gasteiger charge is 2.24. The highest BCUT2D eigenvalue weighted by Crippen LogP contribution is 2.18.